The predicted octanol–water partition coefficient (Wildman–Crippen LogP) is 22.4. The Kier molecular flexibility index (Phi) is 12.3. The fourth-order valence-corrected chi connectivity index (χ4v) is 17.2. The number of aryl methyl sites for hydroxylation is 2. The van der Waals surface area contributed by atoms with E-state index in [1.807, 2.05) is 12.1 Å². The van der Waals surface area contributed by atoms with E-state index in [2.05, 4.69) is 335 Å². The average Bonchev–Trinajstić information content (AvgIpc) is 1.57. The minimum Gasteiger partial charge on any atom is -0.455 e. The van der Waals surface area contributed by atoms with Crippen molar-refractivity contribution in [3.63, 3.8) is 0 Å². The molecule has 0 fully saturated rings. The molecule has 0 atom stereocenters. The standard InChI is InChI=1S/C39H25NO.C26H18.C26H20/c40-27-20-16-26(17-21-27)28-13-7-15-33-36(28)31-12-5-6-14-32(31)39(33)34-22-18-24-8-1-3-10-29(24)37(34)41-38-30-11-4-2-9-25(30)19-23-35(38)39;1-17-14-15-21-20-10-4-7-13-24(20)26(25(21)16-17)22-11-5-2-8-18(22)19-9-3-6-12-23(19)26;1-19-11-10-18-24-25(19)22-16-8-9-17-23(22)26(24,20-12-4-2-5-13-20)21-14-6-3-7-15-21/h1-23H,40H2;2-16H,1H3;2-18H,1H3. The Balaban J connectivity index is 0.000000107. The van der Waals surface area contributed by atoms with Crippen LogP contribution in [0.25, 0.3) is 77.2 Å². The van der Waals surface area contributed by atoms with Crippen LogP contribution in [0.1, 0.15) is 77.9 Å². The van der Waals surface area contributed by atoms with Gasteiger partial charge in [0.05, 0.1) is 16.2 Å². The van der Waals surface area contributed by atoms with Crippen molar-refractivity contribution in [1.29, 1.82) is 0 Å². The highest BCUT2D eigenvalue weighted by Crippen LogP contribution is 2.66. The summed E-state index contributed by atoms with van der Waals surface area (Å²) in [6.45, 7) is 4.42. The molecule has 438 valence electrons. The van der Waals surface area contributed by atoms with Crippen molar-refractivity contribution in [2.24, 2.45) is 0 Å². The van der Waals surface area contributed by atoms with Crippen LogP contribution in [0.15, 0.2) is 334 Å². The highest BCUT2D eigenvalue weighted by molar-refractivity contribution is 6.03. The molecule has 2 N–H and O–H groups in total. The van der Waals surface area contributed by atoms with Gasteiger partial charge in [0.25, 0.3) is 0 Å². The summed E-state index contributed by atoms with van der Waals surface area (Å²) in [7, 11) is 0. The third-order valence-electron chi connectivity index (χ3n) is 20.9. The summed E-state index contributed by atoms with van der Waals surface area (Å²) < 4.78 is 7.03. The van der Waals surface area contributed by atoms with Crippen molar-refractivity contribution >= 4 is 27.2 Å². The maximum Gasteiger partial charge on any atom is 0.140 e. The molecule has 0 bridgehead atoms. The second kappa shape index (κ2) is 21.0. The number of hydrogen-bond acceptors (Lipinski definition) is 2. The predicted molar refractivity (Wildman–Crippen MR) is 385 cm³/mol. The van der Waals surface area contributed by atoms with Gasteiger partial charge in [-0.1, -0.05) is 327 Å². The first kappa shape index (κ1) is 54.4. The van der Waals surface area contributed by atoms with Gasteiger partial charge in [-0.3, -0.25) is 0 Å². The Morgan fingerprint density at radius 1 is 0.258 bits per heavy atom. The van der Waals surface area contributed by atoms with Crippen molar-refractivity contribution in [3.8, 4) is 67.1 Å². The van der Waals surface area contributed by atoms with Gasteiger partial charge >= 0.3 is 0 Å². The Morgan fingerprint density at radius 2 is 0.645 bits per heavy atom. The summed E-state index contributed by atoms with van der Waals surface area (Å²) in [6, 6.07) is 121. The maximum atomic E-state index is 7.03. The highest BCUT2D eigenvalue weighted by Gasteiger charge is 2.54. The summed E-state index contributed by atoms with van der Waals surface area (Å²) >= 11 is 0. The molecule has 1 heterocycles. The van der Waals surface area contributed by atoms with Crippen molar-refractivity contribution in [3.05, 3.63) is 412 Å². The first-order valence-corrected chi connectivity index (χ1v) is 32.4. The van der Waals surface area contributed by atoms with Crippen LogP contribution in [-0.4, -0.2) is 0 Å². The maximum absolute atomic E-state index is 7.03. The molecule has 0 radical (unpaired) electrons. The number of hydrogen-bond donors (Lipinski definition) is 1. The molecular weight excluding hydrogens is 1120 g/mol. The molecule has 15 aromatic carbocycles. The SMILES string of the molecule is Cc1ccc2c(c1)C1(c3ccccc3-c3ccccc31)c1ccccc1-2.Cc1cccc2c1-c1ccccc1C2(c1ccccc1)c1ccccc1.Nc1ccc(-c2cccc3c2-c2ccccc2C32c3ccc4ccccc4c3Oc3c2ccc2ccccc32)cc1. The van der Waals surface area contributed by atoms with Gasteiger partial charge in [0.15, 0.2) is 0 Å². The molecule has 93 heavy (non-hydrogen) atoms. The number of fused-ring (bicyclic) bond motifs is 26. The largest absolute Gasteiger partial charge is 0.455 e. The lowest BCUT2D eigenvalue weighted by Crippen LogP contribution is -2.32. The molecule has 1 aliphatic heterocycles. The third-order valence-corrected chi connectivity index (χ3v) is 20.9. The molecule has 15 aromatic rings. The second-order valence-corrected chi connectivity index (χ2v) is 25.5. The molecule has 0 saturated carbocycles. The normalized spacial score (nSPS) is 14.1. The van der Waals surface area contributed by atoms with Crippen LogP contribution in [0, 0.1) is 13.8 Å². The van der Waals surface area contributed by atoms with Crippen LogP contribution in [0.4, 0.5) is 5.69 Å². The molecule has 4 aliphatic carbocycles. The highest BCUT2D eigenvalue weighted by atomic mass is 16.5. The van der Waals surface area contributed by atoms with E-state index in [4.69, 9.17) is 10.5 Å². The fraction of sp³-hybridized carbons (Fsp3) is 0.0549. The summed E-state index contributed by atoms with van der Waals surface area (Å²) in [5.74, 6) is 1.87. The van der Waals surface area contributed by atoms with Gasteiger partial charge in [0.1, 0.15) is 11.5 Å². The number of nitrogens with two attached hydrogens (primary N) is 1. The van der Waals surface area contributed by atoms with Gasteiger partial charge in [0.2, 0.25) is 0 Å². The average molecular weight is 1190 g/mol. The van der Waals surface area contributed by atoms with E-state index in [1.165, 1.54) is 139 Å². The number of nitrogen functional groups attached to an aromatic ring is 1. The minimum absolute atomic E-state index is 0.189. The Morgan fingerprint density at radius 3 is 1.18 bits per heavy atom. The Hall–Kier alpha value is -11.6. The topological polar surface area (TPSA) is 35.2 Å². The third kappa shape index (κ3) is 7.64. The van der Waals surface area contributed by atoms with E-state index < -0.39 is 5.41 Å². The van der Waals surface area contributed by atoms with Crippen LogP contribution in [0.5, 0.6) is 11.5 Å². The smallest absolute Gasteiger partial charge is 0.140 e. The van der Waals surface area contributed by atoms with Gasteiger partial charge in [-0.05, 0) is 154 Å². The van der Waals surface area contributed by atoms with Gasteiger partial charge in [-0.15, -0.1) is 0 Å². The van der Waals surface area contributed by atoms with Crippen molar-refractivity contribution in [2.75, 3.05) is 5.73 Å². The lowest BCUT2D eigenvalue weighted by molar-refractivity contribution is 0.447. The van der Waals surface area contributed by atoms with Crippen molar-refractivity contribution in [2.45, 2.75) is 30.1 Å². The monoisotopic (exact) mass is 1190 g/mol. The molecule has 0 unspecified atom stereocenters. The number of ether oxygens (including phenoxy) is 1. The Labute approximate surface area is 543 Å². The van der Waals surface area contributed by atoms with E-state index in [0.717, 1.165) is 33.5 Å². The van der Waals surface area contributed by atoms with Crippen LogP contribution in [-0.2, 0) is 16.2 Å². The lowest BCUT2D eigenvalue weighted by atomic mass is 9.65. The van der Waals surface area contributed by atoms with E-state index in [0.29, 0.717) is 0 Å². The van der Waals surface area contributed by atoms with Crippen molar-refractivity contribution in [1.82, 2.24) is 0 Å². The van der Waals surface area contributed by atoms with E-state index >= 15 is 0 Å². The summed E-state index contributed by atoms with van der Waals surface area (Å²) in [6.07, 6.45) is 0. The molecular formula is C91H63NO. The fourth-order valence-electron chi connectivity index (χ4n) is 17.2. The first-order valence-electron chi connectivity index (χ1n) is 32.4. The minimum atomic E-state index is -0.535. The number of anilines is 1. The van der Waals surface area contributed by atoms with Gasteiger partial charge in [0, 0.05) is 27.6 Å². The Bertz CT molecular complexity index is 5340. The van der Waals surface area contributed by atoms with Crippen LogP contribution in [0.3, 0.4) is 0 Å². The molecule has 2 heteroatoms. The number of rotatable bonds is 3. The second-order valence-electron chi connectivity index (χ2n) is 25.5. The molecule has 2 spiro atoms. The van der Waals surface area contributed by atoms with Crippen LogP contribution < -0.4 is 10.5 Å². The van der Waals surface area contributed by atoms with Crippen LogP contribution in [0.2, 0.25) is 0 Å². The zero-order valence-corrected chi connectivity index (χ0v) is 51.7. The summed E-state index contributed by atoms with van der Waals surface area (Å²) in [5, 5.41) is 4.60. The molecule has 0 amide bonds. The molecule has 0 saturated heterocycles. The van der Waals surface area contributed by atoms with Gasteiger partial charge in [-0.2, -0.15) is 0 Å². The van der Waals surface area contributed by atoms with E-state index in [1.54, 1.807) is 0 Å². The molecule has 20 rings (SSSR count). The molecule has 2 nitrogen and oxygen atoms in total. The zero-order chi connectivity index (χ0) is 62.0. The molecule has 0 aromatic heterocycles. The number of benzene rings is 15. The van der Waals surface area contributed by atoms with E-state index in [9.17, 15) is 0 Å². The van der Waals surface area contributed by atoms with Crippen molar-refractivity contribution < 1.29 is 4.74 Å². The van der Waals surface area contributed by atoms with Gasteiger partial charge < -0.3 is 10.5 Å². The zero-order valence-electron chi connectivity index (χ0n) is 51.7. The summed E-state index contributed by atoms with van der Waals surface area (Å²) in [5.41, 5.74) is 37.6. The van der Waals surface area contributed by atoms with Crippen LogP contribution >= 0.6 is 0 Å². The van der Waals surface area contributed by atoms with Gasteiger partial charge in [-0.25, -0.2) is 0 Å². The van der Waals surface area contributed by atoms with E-state index in [-0.39, 0.29) is 10.8 Å². The lowest BCUT2D eigenvalue weighted by Gasteiger charge is -2.40. The first-order chi connectivity index (χ1) is 45.9. The quantitative estimate of drug-likeness (QED) is 0.179. The summed E-state index contributed by atoms with van der Waals surface area (Å²) in [4.78, 5) is 0. The molecule has 5 aliphatic rings.